The topological polar surface area (TPSA) is 90.0 Å². The van der Waals surface area contributed by atoms with E-state index < -0.39 is 11.9 Å². The Kier molecular flexibility index (Phi) is 3.37. The molecule has 0 bridgehead atoms. The summed E-state index contributed by atoms with van der Waals surface area (Å²) in [6, 6.07) is 2.46. The maximum Gasteiger partial charge on any atom is 0.253 e. The first kappa shape index (κ1) is 13.0. The van der Waals surface area contributed by atoms with Crippen molar-refractivity contribution >= 4 is 16.9 Å². The fourth-order valence-corrected chi connectivity index (χ4v) is 2.43. The van der Waals surface area contributed by atoms with Crippen LogP contribution in [0.4, 0.5) is 4.39 Å². The van der Waals surface area contributed by atoms with Crippen LogP contribution in [0.15, 0.2) is 18.5 Å². The highest BCUT2D eigenvalue weighted by atomic mass is 19.1. The Labute approximate surface area is 114 Å². The predicted octanol–water partition coefficient (Wildman–Crippen LogP) is 0.0121. The molecule has 2 atom stereocenters. The molecule has 1 fully saturated rings. The first-order valence-electron chi connectivity index (χ1n) is 6.45. The highest BCUT2D eigenvalue weighted by Gasteiger charge is 2.25. The van der Waals surface area contributed by atoms with Crippen LogP contribution in [0.25, 0.3) is 11.0 Å². The maximum atomic E-state index is 13.5. The Bertz CT molecular complexity index is 642. The van der Waals surface area contributed by atoms with Gasteiger partial charge in [0.1, 0.15) is 11.3 Å². The molecule has 2 unspecified atom stereocenters. The number of nitrogens with zero attached hydrogens (tertiary/aromatic N) is 1. The van der Waals surface area contributed by atoms with E-state index >= 15 is 0 Å². The smallest absolute Gasteiger partial charge is 0.253 e. The van der Waals surface area contributed by atoms with Gasteiger partial charge >= 0.3 is 0 Å². The zero-order chi connectivity index (χ0) is 14.1. The van der Waals surface area contributed by atoms with Gasteiger partial charge in [-0.15, -0.1) is 0 Å². The molecule has 0 saturated carbocycles. The summed E-state index contributed by atoms with van der Waals surface area (Å²) in [6.45, 7) is 1.53. The second-order valence-corrected chi connectivity index (χ2v) is 4.95. The number of rotatable bonds is 3. The number of hydrogen-bond acceptors (Lipinski definition) is 4. The number of nitrogens with one attached hydrogen (secondary N) is 3. The quantitative estimate of drug-likeness (QED) is 0.637. The van der Waals surface area contributed by atoms with Crippen LogP contribution in [0.3, 0.4) is 0 Å². The number of β-amino-alcohol motifs (C(OH)–C–C–N with tert-alkyl or cyclic N) is 1. The minimum absolute atomic E-state index is 0.0258. The molecule has 1 aliphatic rings. The molecule has 20 heavy (non-hydrogen) atoms. The van der Waals surface area contributed by atoms with Crippen molar-refractivity contribution < 1.29 is 14.3 Å². The fraction of sp³-hybridized carbons (Fsp3) is 0.385. The van der Waals surface area contributed by atoms with Gasteiger partial charge in [0.25, 0.3) is 5.91 Å². The van der Waals surface area contributed by atoms with E-state index in [1.807, 2.05) is 0 Å². The number of benzene rings is 1. The number of aromatic nitrogens is 2. The van der Waals surface area contributed by atoms with Crippen LogP contribution in [0.1, 0.15) is 10.4 Å². The first-order valence-corrected chi connectivity index (χ1v) is 6.45. The Morgan fingerprint density at radius 3 is 3.10 bits per heavy atom. The molecule has 4 N–H and O–H groups in total. The van der Waals surface area contributed by atoms with Crippen molar-refractivity contribution in [2.45, 2.75) is 6.10 Å². The van der Waals surface area contributed by atoms with Crippen LogP contribution < -0.4 is 10.6 Å². The fourth-order valence-electron chi connectivity index (χ4n) is 2.43. The van der Waals surface area contributed by atoms with E-state index in [2.05, 4.69) is 20.6 Å². The highest BCUT2D eigenvalue weighted by Crippen LogP contribution is 2.17. The van der Waals surface area contributed by atoms with Crippen molar-refractivity contribution in [3.63, 3.8) is 0 Å². The van der Waals surface area contributed by atoms with Crippen molar-refractivity contribution in [3.8, 4) is 0 Å². The lowest BCUT2D eigenvalue weighted by Crippen LogP contribution is -2.34. The van der Waals surface area contributed by atoms with Gasteiger partial charge in [-0.2, -0.15) is 0 Å². The van der Waals surface area contributed by atoms with E-state index in [9.17, 15) is 14.3 Å². The number of carbonyl (C=O) groups is 1. The summed E-state index contributed by atoms with van der Waals surface area (Å²) < 4.78 is 13.5. The summed E-state index contributed by atoms with van der Waals surface area (Å²) in [7, 11) is 0. The lowest BCUT2D eigenvalue weighted by atomic mass is 10.1. The summed E-state index contributed by atoms with van der Waals surface area (Å²) >= 11 is 0. The SMILES string of the molecule is O=C(NCC1CNCC1O)c1cc(F)cc2[nH]cnc12. The zero-order valence-electron chi connectivity index (χ0n) is 10.7. The highest BCUT2D eigenvalue weighted by molar-refractivity contribution is 6.04. The monoisotopic (exact) mass is 278 g/mol. The third kappa shape index (κ3) is 2.37. The summed E-state index contributed by atoms with van der Waals surface area (Å²) in [5, 5.41) is 15.4. The van der Waals surface area contributed by atoms with Gasteiger partial charge in [-0.3, -0.25) is 4.79 Å². The lowest BCUT2D eigenvalue weighted by molar-refractivity contribution is 0.0928. The third-order valence-electron chi connectivity index (χ3n) is 3.56. The van der Waals surface area contributed by atoms with E-state index in [-0.39, 0.29) is 17.4 Å². The van der Waals surface area contributed by atoms with Crippen LogP contribution in [0.2, 0.25) is 0 Å². The van der Waals surface area contributed by atoms with Gasteiger partial charge in [0.15, 0.2) is 0 Å². The van der Waals surface area contributed by atoms with Gasteiger partial charge in [0, 0.05) is 25.6 Å². The standard InChI is InChI=1S/C13H15FN4O2/c14-8-1-9(12-10(2-8)17-6-18-12)13(20)16-4-7-3-15-5-11(7)19/h1-2,6-7,11,15,19H,3-5H2,(H,16,20)(H,17,18). The van der Waals surface area contributed by atoms with Crippen LogP contribution in [-0.4, -0.2) is 46.7 Å². The lowest BCUT2D eigenvalue weighted by Gasteiger charge is -2.14. The number of fused-ring (bicyclic) bond motifs is 1. The molecule has 6 nitrogen and oxygen atoms in total. The third-order valence-corrected chi connectivity index (χ3v) is 3.56. The van der Waals surface area contributed by atoms with Crippen LogP contribution in [0, 0.1) is 11.7 Å². The van der Waals surface area contributed by atoms with E-state index in [0.29, 0.717) is 30.7 Å². The number of hydrogen-bond donors (Lipinski definition) is 4. The molecule has 7 heteroatoms. The molecule has 1 aromatic carbocycles. The van der Waals surface area contributed by atoms with E-state index in [4.69, 9.17) is 0 Å². The normalized spacial score (nSPS) is 22.3. The minimum atomic E-state index is -0.491. The summed E-state index contributed by atoms with van der Waals surface area (Å²) in [5.41, 5.74) is 1.12. The molecule has 2 aromatic rings. The molecule has 106 valence electrons. The Morgan fingerprint density at radius 1 is 1.50 bits per heavy atom. The summed E-state index contributed by atoms with van der Waals surface area (Å²) in [4.78, 5) is 18.9. The van der Waals surface area contributed by atoms with E-state index in [1.54, 1.807) is 0 Å². The van der Waals surface area contributed by atoms with Crippen molar-refractivity contribution in [2.75, 3.05) is 19.6 Å². The van der Waals surface area contributed by atoms with Crippen molar-refractivity contribution in [1.29, 1.82) is 0 Å². The molecule has 0 radical (unpaired) electrons. The van der Waals surface area contributed by atoms with Crippen LogP contribution >= 0.6 is 0 Å². The molecule has 1 saturated heterocycles. The van der Waals surface area contributed by atoms with Crippen molar-refractivity contribution in [2.24, 2.45) is 5.92 Å². The number of imidazole rings is 1. The van der Waals surface area contributed by atoms with E-state index in [1.165, 1.54) is 18.5 Å². The average Bonchev–Trinajstić information content (AvgIpc) is 3.03. The van der Waals surface area contributed by atoms with Crippen molar-refractivity contribution in [3.05, 3.63) is 29.8 Å². The Morgan fingerprint density at radius 2 is 2.35 bits per heavy atom. The summed E-state index contributed by atoms with van der Waals surface area (Å²) in [6.07, 6.45) is 0.958. The number of aliphatic hydroxyl groups is 1. The van der Waals surface area contributed by atoms with Crippen molar-refractivity contribution in [1.82, 2.24) is 20.6 Å². The molecule has 1 aromatic heterocycles. The predicted molar refractivity (Wildman–Crippen MR) is 70.8 cm³/mol. The first-order chi connectivity index (χ1) is 9.65. The number of aromatic amines is 1. The van der Waals surface area contributed by atoms with Gasteiger partial charge in [-0.05, 0) is 12.1 Å². The van der Waals surface area contributed by atoms with Crippen LogP contribution in [-0.2, 0) is 0 Å². The number of halogens is 1. The molecule has 2 heterocycles. The van der Waals surface area contributed by atoms with Gasteiger partial charge in [-0.1, -0.05) is 0 Å². The Balaban J connectivity index is 1.77. The molecular formula is C13H15FN4O2. The van der Waals surface area contributed by atoms with Gasteiger partial charge in [-0.25, -0.2) is 9.37 Å². The van der Waals surface area contributed by atoms with E-state index in [0.717, 1.165) is 0 Å². The second-order valence-electron chi connectivity index (χ2n) is 4.95. The minimum Gasteiger partial charge on any atom is -0.391 e. The number of aliphatic hydroxyl groups excluding tert-OH is 1. The molecule has 3 rings (SSSR count). The second kappa shape index (κ2) is 5.18. The number of H-pyrrole nitrogens is 1. The van der Waals surface area contributed by atoms with Gasteiger partial charge in [0.2, 0.25) is 0 Å². The van der Waals surface area contributed by atoms with Crippen LogP contribution in [0.5, 0.6) is 0 Å². The zero-order valence-corrected chi connectivity index (χ0v) is 10.7. The molecule has 1 amide bonds. The maximum absolute atomic E-state index is 13.5. The molecule has 0 spiro atoms. The van der Waals surface area contributed by atoms with Gasteiger partial charge < -0.3 is 20.7 Å². The summed E-state index contributed by atoms with van der Waals surface area (Å²) in [5.74, 6) is -0.905. The molecular weight excluding hydrogens is 263 g/mol. The Hall–Kier alpha value is -1.99. The number of carbonyl (C=O) groups excluding carboxylic acids is 1. The average molecular weight is 278 g/mol. The molecule has 1 aliphatic heterocycles. The molecule has 0 aliphatic carbocycles. The number of amides is 1. The van der Waals surface area contributed by atoms with Gasteiger partial charge in [0.05, 0.1) is 23.5 Å². The largest absolute Gasteiger partial charge is 0.391 e.